The molecule has 1 aromatic carbocycles. The second-order valence-corrected chi connectivity index (χ2v) is 5.65. The van der Waals surface area contributed by atoms with Crippen molar-refractivity contribution < 1.29 is 19.5 Å². The molecule has 0 saturated carbocycles. The molecular formula is C16H13N5O5. The summed E-state index contributed by atoms with van der Waals surface area (Å²) in [6.45, 7) is -0.0754. The van der Waals surface area contributed by atoms with Crippen LogP contribution in [0.1, 0.15) is 16.1 Å². The summed E-state index contributed by atoms with van der Waals surface area (Å²) in [5.74, 6) is -0.611. The number of hydrogen-bond donors (Lipinski definition) is 3. The smallest absolute Gasteiger partial charge is 0.274 e. The highest BCUT2D eigenvalue weighted by Gasteiger charge is 2.27. The molecule has 4 rings (SSSR count). The Balaban J connectivity index is 1.75. The predicted molar refractivity (Wildman–Crippen MR) is 88.2 cm³/mol. The molecule has 0 bridgehead atoms. The molecule has 1 aliphatic rings. The number of anilines is 1. The van der Waals surface area contributed by atoms with E-state index in [-0.39, 0.29) is 30.2 Å². The molecule has 132 valence electrons. The van der Waals surface area contributed by atoms with Crippen molar-refractivity contribution >= 4 is 23.1 Å². The van der Waals surface area contributed by atoms with Crippen LogP contribution in [0.4, 0.5) is 5.69 Å². The molecule has 3 N–H and O–H groups in total. The maximum Gasteiger partial charge on any atom is 0.274 e. The summed E-state index contributed by atoms with van der Waals surface area (Å²) in [6.07, 6.45) is 1.49. The number of aromatic amines is 1. The number of hydrogen-bond acceptors (Lipinski definition) is 6. The zero-order valence-electron chi connectivity index (χ0n) is 13.3. The minimum absolute atomic E-state index is 0.0797. The van der Waals surface area contributed by atoms with E-state index < -0.39 is 5.91 Å². The van der Waals surface area contributed by atoms with E-state index >= 15 is 0 Å². The molecule has 0 atom stereocenters. The Bertz CT molecular complexity index is 1090. The maximum absolute atomic E-state index is 12.4. The maximum atomic E-state index is 12.4. The van der Waals surface area contributed by atoms with E-state index in [4.69, 9.17) is 9.94 Å². The lowest BCUT2D eigenvalue weighted by Crippen LogP contribution is -2.39. The molecule has 0 saturated heterocycles. The third-order valence-corrected chi connectivity index (χ3v) is 4.03. The second-order valence-electron chi connectivity index (χ2n) is 5.65. The van der Waals surface area contributed by atoms with Crippen LogP contribution < -0.4 is 20.7 Å². The average molecular weight is 355 g/mol. The molecule has 3 aromatic rings. The minimum Gasteiger partial charge on any atom is -0.482 e. The Labute approximate surface area is 145 Å². The van der Waals surface area contributed by atoms with Gasteiger partial charge in [0.25, 0.3) is 17.4 Å². The van der Waals surface area contributed by atoms with E-state index in [1.54, 1.807) is 17.6 Å². The number of benzene rings is 1. The number of amides is 2. The number of nitrogens with one attached hydrogen (secondary N) is 2. The van der Waals surface area contributed by atoms with Gasteiger partial charge in [0.05, 0.1) is 18.4 Å². The Morgan fingerprint density at radius 3 is 2.96 bits per heavy atom. The summed E-state index contributed by atoms with van der Waals surface area (Å²) in [5.41, 5.74) is 2.76. The number of aromatic nitrogens is 3. The lowest BCUT2D eigenvalue weighted by molar-refractivity contribution is -0.121. The number of H-pyrrole nitrogens is 1. The third kappa shape index (κ3) is 2.58. The van der Waals surface area contributed by atoms with Gasteiger partial charge in [-0.1, -0.05) is 0 Å². The Hall–Kier alpha value is -3.66. The van der Waals surface area contributed by atoms with Gasteiger partial charge in [0.15, 0.2) is 6.61 Å². The van der Waals surface area contributed by atoms with Gasteiger partial charge in [-0.2, -0.15) is 9.61 Å². The van der Waals surface area contributed by atoms with Crippen LogP contribution in [0, 0.1) is 0 Å². The SMILES string of the molecule is O=C(NO)c1ccc2c(c1)N(Cc1cc(=O)n3nccc3[nH]1)C(=O)CO2. The molecule has 0 unspecified atom stereocenters. The van der Waals surface area contributed by atoms with Gasteiger partial charge in [-0.15, -0.1) is 0 Å². The first kappa shape index (κ1) is 15.8. The summed E-state index contributed by atoms with van der Waals surface area (Å²) in [6, 6.07) is 7.45. The van der Waals surface area contributed by atoms with Gasteiger partial charge in [0, 0.05) is 23.4 Å². The summed E-state index contributed by atoms with van der Waals surface area (Å²) in [7, 11) is 0. The molecule has 1 aliphatic heterocycles. The first-order valence-electron chi connectivity index (χ1n) is 7.64. The van der Waals surface area contributed by atoms with Gasteiger partial charge in [-0.3, -0.25) is 19.6 Å². The highest BCUT2D eigenvalue weighted by atomic mass is 16.5. The van der Waals surface area contributed by atoms with E-state index in [9.17, 15) is 14.4 Å². The van der Waals surface area contributed by atoms with Crippen molar-refractivity contribution in [1.82, 2.24) is 20.1 Å². The number of fused-ring (bicyclic) bond motifs is 2. The van der Waals surface area contributed by atoms with Gasteiger partial charge in [-0.25, -0.2) is 5.48 Å². The van der Waals surface area contributed by atoms with Crippen LogP contribution in [-0.4, -0.2) is 38.2 Å². The molecule has 2 aromatic heterocycles. The van der Waals surface area contributed by atoms with E-state index in [1.165, 1.54) is 33.8 Å². The molecule has 10 nitrogen and oxygen atoms in total. The van der Waals surface area contributed by atoms with E-state index in [0.29, 0.717) is 22.8 Å². The van der Waals surface area contributed by atoms with Crippen molar-refractivity contribution in [3.8, 4) is 5.75 Å². The molecule has 3 heterocycles. The van der Waals surface area contributed by atoms with Crippen LogP contribution in [0.3, 0.4) is 0 Å². The Morgan fingerprint density at radius 1 is 1.31 bits per heavy atom. The summed E-state index contributed by atoms with van der Waals surface area (Å²) in [5, 5.41) is 12.7. The van der Waals surface area contributed by atoms with E-state index in [1.807, 2.05) is 0 Å². The lowest BCUT2D eigenvalue weighted by Gasteiger charge is -2.29. The zero-order valence-corrected chi connectivity index (χ0v) is 13.3. The molecule has 0 aliphatic carbocycles. The molecule has 26 heavy (non-hydrogen) atoms. The van der Waals surface area contributed by atoms with Crippen LogP contribution in [0.5, 0.6) is 5.75 Å². The number of ether oxygens (including phenoxy) is 1. The highest BCUT2D eigenvalue weighted by molar-refractivity contribution is 6.00. The lowest BCUT2D eigenvalue weighted by atomic mass is 10.1. The van der Waals surface area contributed by atoms with E-state index in [0.717, 1.165) is 0 Å². The standard InChI is InChI=1S/C16H13N5O5/c22-14-6-10(18-13-3-4-17-21(13)14)7-20-11-5-9(16(24)19-25)1-2-12(11)26-8-15(20)23/h1-6,18,25H,7-8H2,(H,19,24). The van der Waals surface area contributed by atoms with Crippen molar-refractivity contribution in [2.24, 2.45) is 0 Å². The van der Waals surface area contributed by atoms with Gasteiger partial charge in [0.1, 0.15) is 11.4 Å². The monoisotopic (exact) mass is 355 g/mol. The zero-order chi connectivity index (χ0) is 18.3. The molecule has 0 radical (unpaired) electrons. The number of carbonyl (C=O) groups is 2. The minimum atomic E-state index is -0.708. The van der Waals surface area contributed by atoms with Gasteiger partial charge < -0.3 is 14.6 Å². The molecule has 0 spiro atoms. The molecule has 0 fully saturated rings. The van der Waals surface area contributed by atoms with Crippen molar-refractivity contribution in [2.75, 3.05) is 11.5 Å². The summed E-state index contributed by atoms with van der Waals surface area (Å²) < 4.78 is 6.59. The van der Waals surface area contributed by atoms with Crippen LogP contribution in [-0.2, 0) is 11.3 Å². The van der Waals surface area contributed by atoms with Crippen LogP contribution >= 0.6 is 0 Å². The number of nitrogens with zero attached hydrogens (tertiary/aromatic N) is 3. The predicted octanol–water partition coefficient (Wildman–Crippen LogP) is 0.0672. The first-order chi connectivity index (χ1) is 12.6. The largest absolute Gasteiger partial charge is 0.482 e. The number of carbonyl (C=O) groups excluding carboxylic acids is 2. The topological polar surface area (TPSA) is 129 Å². The van der Waals surface area contributed by atoms with Crippen molar-refractivity contribution in [1.29, 1.82) is 0 Å². The summed E-state index contributed by atoms with van der Waals surface area (Å²) >= 11 is 0. The van der Waals surface area contributed by atoms with Crippen LogP contribution in [0.25, 0.3) is 5.65 Å². The first-order valence-corrected chi connectivity index (χ1v) is 7.64. The molecule has 2 amide bonds. The third-order valence-electron chi connectivity index (χ3n) is 4.03. The molecular weight excluding hydrogens is 342 g/mol. The van der Waals surface area contributed by atoms with Crippen molar-refractivity contribution in [3.05, 3.63) is 58.1 Å². The Kier molecular flexibility index (Phi) is 3.66. The van der Waals surface area contributed by atoms with E-state index in [2.05, 4.69) is 10.1 Å². The second kappa shape index (κ2) is 6.01. The van der Waals surface area contributed by atoms with Crippen molar-refractivity contribution in [3.63, 3.8) is 0 Å². The highest BCUT2D eigenvalue weighted by Crippen LogP contribution is 2.33. The van der Waals surface area contributed by atoms with Gasteiger partial charge in [0.2, 0.25) is 0 Å². The normalized spacial score (nSPS) is 13.4. The fraction of sp³-hybridized carbons (Fsp3) is 0.125. The fourth-order valence-electron chi connectivity index (χ4n) is 2.82. The van der Waals surface area contributed by atoms with Crippen LogP contribution in [0.2, 0.25) is 0 Å². The average Bonchev–Trinajstić information content (AvgIpc) is 3.12. The van der Waals surface area contributed by atoms with Gasteiger partial charge in [-0.05, 0) is 18.2 Å². The molecule has 10 heteroatoms. The van der Waals surface area contributed by atoms with Crippen molar-refractivity contribution in [2.45, 2.75) is 6.54 Å². The number of hydroxylamine groups is 1. The fourth-order valence-corrected chi connectivity index (χ4v) is 2.82. The Morgan fingerprint density at radius 2 is 2.15 bits per heavy atom. The number of rotatable bonds is 3. The van der Waals surface area contributed by atoms with Crippen LogP contribution in [0.15, 0.2) is 41.3 Å². The van der Waals surface area contributed by atoms with Gasteiger partial charge >= 0.3 is 0 Å². The summed E-state index contributed by atoms with van der Waals surface area (Å²) in [4.78, 5) is 40.5. The quantitative estimate of drug-likeness (QED) is 0.450.